The van der Waals surface area contributed by atoms with Crippen molar-refractivity contribution < 1.29 is 17.9 Å². The van der Waals surface area contributed by atoms with Gasteiger partial charge in [0.2, 0.25) is 0 Å². The van der Waals surface area contributed by atoms with Crippen LogP contribution in [0.25, 0.3) is 0 Å². The molecule has 0 aromatic heterocycles. The number of carbonyl (C=O) groups excluding carboxylic acids is 1. The average molecular weight is 387 g/mol. The maximum atomic E-state index is 12.3. The van der Waals surface area contributed by atoms with E-state index < -0.39 is 15.4 Å². The quantitative estimate of drug-likeness (QED) is 0.632. The van der Waals surface area contributed by atoms with Gasteiger partial charge in [0.1, 0.15) is 15.4 Å². The fraction of sp³-hybridized carbons (Fsp3) is 0.588. The third-order valence-electron chi connectivity index (χ3n) is 3.77. The molecule has 1 aliphatic heterocycles. The molecule has 0 radical (unpaired) electrons. The van der Waals surface area contributed by atoms with Gasteiger partial charge in [-0.15, -0.1) is 11.8 Å². The minimum absolute atomic E-state index is 0.140. The summed E-state index contributed by atoms with van der Waals surface area (Å²) in [6.07, 6.45) is 1.58. The smallest absolute Gasteiger partial charge is 0.410 e. The second-order valence-electron chi connectivity index (χ2n) is 7.24. The first-order valence-corrected chi connectivity index (χ1v) is 11.2. The van der Waals surface area contributed by atoms with E-state index in [1.165, 1.54) is 18.0 Å². The van der Waals surface area contributed by atoms with E-state index in [1.807, 2.05) is 32.9 Å². The molecule has 2 rings (SSSR count). The second-order valence-corrected chi connectivity index (χ2v) is 10.6. The lowest BCUT2D eigenvalue weighted by molar-refractivity contribution is 0.0224. The lowest BCUT2D eigenvalue weighted by Crippen LogP contribution is -2.40. The van der Waals surface area contributed by atoms with E-state index in [-0.39, 0.29) is 11.8 Å². The largest absolute Gasteiger partial charge is 0.444 e. The summed E-state index contributed by atoms with van der Waals surface area (Å²) in [6, 6.07) is 3.75. The number of rotatable bonds is 4. The van der Waals surface area contributed by atoms with Crippen LogP contribution in [0.15, 0.2) is 17.0 Å². The van der Waals surface area contributed by atoms with Crippen LogP contribution in [0.1, 0.15) is 31.9 Å². The summed E-state index contributed by atoms with van der Waals surface area (Å²) in [5, 5.41) is 0. The average Bonchev–Trinajstić information content (AvgIpc) is 2.46. The number of hydrogen-bond donors (Lipinski definition) is 1. The predicted molar refractivity (Wildman–Crippen MR) is 102 cm³/mol. The number of hydrogen-bond acceptors (Lipinski definition) is 6. The number of fused-ring (bicyclic) bond motifs is 1. The molecule has 25 heavy (non-hydrogen) atoms. The van der Waals surface area contributed by atoms with Gasteiger partial charge in [0.15, 0.2) is 0 Å². The standard InChI is InChI=1S/C17H26N2O4S2/c1-17(2,3)23-16(20)19-8-7-12-13(11-19)14(18)5-6-15(12)24-9-10-25(4,21)22/h5-6H,7-11,18H2,1-4H3. The second kappa shape index (κ2) is 7.45. The molecule has 2 N–H and O–H groups in total. The van der Waals surface area contributed by atoms with E-state index in [2.05, 4.69) is 0 Å². The summed E-state index contributed by atoms with van der Waals surface area (Å²) in [7, 11) is -2.98. The van der Waals surface area contributed by atoms with Crippen molar-refractivity contribution in [3.8, 4) is 0 Å². The van der Waals surface area contributed by atoms with Crippen LogP contribution in [-0.4, -0.2) is 49.3 Å². The van der Waals surface area contributed by atoms with Crippen LogP contribution in [0.2, 0.25) is 0 Å². The summed E-state index contributed by atoms with van der Waals surface area (Å²) < 4.78 is 28.0. The zero-order valence-electron chi connectivity index (χ0n) is 15.2. The van der Waals surface area contributed by atoms with E-state index in [4.69, 9.17) is 10.5 Å². The van der Waals surface area contributed by atoms with E-state index in [1.54, 1.807) is 4.90 Å². The third kappa shape index (κ3) is 5.81. The fourth-order valence-electron chi connectivity index (χ4n) is 2.59. The zero-order valence-corrected chi connectivity index (χ0v) is 16.8. The number of benzene rings is 1. The summed E-state index contributed by atoms with van der Waals surface area (Å²) in [5.74, 6) is 0.645. The molecule has 0 saturated heterocycles. The Morgan fingerprint density at radius 1 is 1.32 bits per heavy atom. The van der Waals surface area contributed by atoms with E-state index >= 15 is 0 Å². The molecule has 1 aromatic rings. The first kappa shape index (κ1) is 19.9. The van der Waals surface area contributed by atoms with E-state index in [0.717, 1.165) is 16.0 Å². The molecule has 0 atom stereocenters. The summed E-state index contributed by atoms with van der Waals surface area (Å²) >= 11 is 1.52. The highest BCUT2D eigenvalue weighted by Gasteiger charge is 2.28. The molecule has 0 unspecified atom stereocenters. The number of nitrogens with two attached hydrogens (primary N) is 1. The van der Waals surface area contributed by atoms with Crippen LogP contribution < -0.4 is 5.73 Å². The molecule has 0 bridgehead atoms. The molecular weight excluding hydrogens is 360 g/mol. The number of nitrogens with zero attached hydrogens (tertiary/aromatic N) is 1. The maximum Gasteiger partial charge on any atom is 0.410 e. The molecule has 0 saturated carbocycles. The Bertz CT molecular complexity index is 755. The Hall–Kier alpha value is -1.41. The molecule has 1 aliphatic rings. The summed E-state index contributed by atoms with van der Waals surface area (Å²) in [4.78, 5) is 15.0. The van der Waals surface area contributed by atoms with Crippen LogP contribution in [0.4, 0.5) is 10.5 Å². The van der Waals surface area contributed by atoms with Gasteiger partial charge in [0, 0.05) is 29.1 Å². The lowest BCUT2D eigenvalue weighted by Gasteiger charge is -2.32. The van der Waals surface area contributed by atoms with E-state index in [0.29, 0.717) is 31.0 Å². The highest BCUT2D eigenvalue weighted by molar-refractivity contribution is 8.00. The molecule has 6 nitrogen and oxygen atoms in total. The van der Waals surface area contributed by atoms with Gasteiger partial charge in [-0.3, -0.25) is 0 Å². The number of sulfone groups is 1. The van der Waals surface area contributed by atoms with Gasteiger partial charge in [0.25, 0.3) is 0 Å². The van der Waals surface area contributed by atoms with Crippen molar-refractivity contribution in [2.24, 2.45) is 0 Å². The highest BCUT2D eigenvalue weighted by Crippen LogP contribution is 2.33. The Labute approximate surface area is 154 Å². The van der Waals surface area contributed by atoms with Gasteiger partial charge in [-0.1, -0.05) is 0 Å². The normalized spacial score (nSPS) is 15.0. The maximum absolute atomic E-state index is 12.3. The van der Waals surface area contributed by atoms with E-state index in [9.17, 15) is 13.2 Å². The lowest BCUT2D eigenvalue weighted by atomic mass is 9.98. The first-order chi connectivity index (χ1) is 11.5. The van der Waals surface area contributed by atoms with Crippen LogP contribution in [0.3, 0.4) is 0 Å². The van der Waals surface area contributed by atoms with Gasteiger partial charge >= 0.3 is 6.09 Å². The number of amides is 1. The molecule has 1 aromatic carbocycles. The highest BCUT2D eigenvalue weighted by atomic mass is 32.2. The summed E-state index contributed by atoms with van der Waals surface area (Å²) in [6.45, 7) is 6.50. The zero-order chi connectivity index (χ0) is 18.8. The van der Waals surface area contributed by atoms with Crippen LogP contribution >= 0.6 is 11.8 Å². The van der Waals surface area contributed by atoms with Crippen LogP contribution in [0.5, 0.6) is 0 Å². The number of anilines is 1. The minimum Gasteiger partial charge on any atom is -0.444 e. The Kier molecular flexibility index (Phi) is 5.93. The predicted octanol–water partition coefficient (Wildman–Crippen LogP) is 2.70. The van der Waals surface area contributed by atoms with Gasteiger partial charge in [0.05, 0.1) is 12.3 Å². The number of thioether (sulfide) groups is 1. The number of carbonyl (C=O) groups is 1. The topological polar surface area (TPSA) is 89.7 Å². The molecule has 8 heteroatoms. The number of nitrogen functional groups attached to an aromatic ring is 1. The monoisotopic (exact) mass is 386 g/mol. The summed E-state index contributed by atoms with van der Waals surface area (Å²) in [5.41, 5.74) is 8.27. The molecule has 0 fully saturated rings. The molecule has 0 spiro atoms. The Morgan fingerprint density at radius 2 is 2.00 bits per heavy atom. The van der Waals surface area contributed by atoms with Gasteiger partial charge in [-0.05, 0) is 50.5 Å². The van der Waals surface area contributed by atoms with Gasteiger partial charge < -0.3 is 15.4 Å². The van der Waals surface area contributed by atoms with Gasteiger partial charge in [-0.2, -0.15) is 0 Å². The SMILES string of the molecule is CC(C)(C)OC(=O)N1CCc2c(SCCS(C)(=O)=O)ccc(N)c2C1. The van der Waals surface area contributed by atoms with Crippen molar-refractivity contribution in [1.29, 1.82) is 0 Å². The van der Waals surface area contributed by atoms with Gasteiger partial charge in [-0.25, -0.2) is 13.2 Å². The Morgan fingerprint density at radius 3 is 2.60 bits per heavy atom. The van der Waals surface area contributed by atoms with Crippen molar-refractivity contribution >= 4 is 33.4 Å². The molecule has 0 aliphatic carbocycles. The fourth-order valence-corrected chi connectivity index (χ4v) is 4.92. The van der Waals surface area contributed by atoms with Crippen molar-refractivity contribution in [1.82, 2.24) is 4.90 Å². The number of ether oxygens (including phenoxy) is 1. The Balaban J connectivity index is 2.14. The van der Waals surface area contributed by atoms with Crippen molar-refractivity contribution in [3.63, 3.8) is 0 Å². The third-order valence-corrected chi connectivity index (χ3v) is 6.07. The minimum atomic E-state index is -2.98. The van der Waals surface area contributed by atoms with Crippen molar-refractivity contribution in [3.05, 3.63) is 23.3 Å². The van der Waals surface area contributed by atoms with Crippen molar-refractivity contribution in [2.45, 2.75) is 44.2 Å². The van der Waals surface area contributed by atoms with Crippen molar-refractivity contribution in [2.75, 3.05) is 30.0 Å². The molecule has 1 amide bonds. The molecular formula is C17H26N2O4S2. The van der Waals surface area contributed by atoms with Crippen LogP contribution in [-0.2, 0) is 27.5 Å². The molecule has 1 heterocycles. The molecule has 140 valence electrons. The first-order valence-electron chi connectivity index (χ1n) is 8.15. The van der Waals surface area contributed by atoms with Crippen LogP contribution in [0, 0.1) is 0 Å².